The summed E-state index contributed by atoms with van der Waals surface area (Å²) in [5.41, 5.74) is 1.92. The van der Waals surface area contributed by atoms with Crippen molar-refractivity contribution in [1.29, 1.82) is 0 Å². The number of carbonyl (C=O) groups is 1. The van der Waals surface area contributed by atoms with Crippen LogP contribution in [0.1, 0.15) is 37.3 Å². The van der Waals surface area contributed by atoms with Crippen LogP contribution < -0.4 is 0 Å². The minimum atomic E-state index is -3.22. The molecule has 2 aromatic rings. The molecule has 0 bridgehead atoms. The van der Waals surface area contributed by atoms with E-state index in [9.17, 15) is 13.2 Å². The Morgan fingerprint density at radius 3 is 2.44 bits per heavy atom. The van der Waals surface area contributed by atoms with Crippen LogP contribution in [0.25, 0.3) is 11.5 Å². The van der Waals surface area contributed by atoms with E-state index in [0.717, 1.165) is 11.1 Å². The highest BCUT2D eigenvalue weighted by Gasteiger charge is 2.31. The van der Waals surface area contributed by atoms with Crippen molar-refractivity contribution in [1.82, 2.24) is 14.5 Å². The molecule has 2 heterocycles. The first-order chi connectivity index (χ1) is 12.7. The molecular formula is C18H23N3O5S. The third-order valence-corrected chi connectivity index (χ3v) is 5.94. The highest BCUT2D eigenvalue weighted by Crippen LogP contribution is 2.26. The second kappa shape index (κ2) is 7.77. The fourth-order valence-corrected chi connectivity index (χ4v) is 3.83. The second-order valence-electron chi connectivity index (χ2n) is 6.83. The summed E-state index contributed by atoms with van der Waals surface area (Å²) in [6, 6.07) is 7.68. The van der Waals surface area contributed by atoms with Gasteiger partial charge in [-0.3, -0.25) is 4.79 Å². The smallest absolute Gasteiger partial charge is 0.309 e. The van der Waals surface area contributed by atoms with Gasteiger partial charge in [0.25, 0.3) is 5.89 Å². The molecule has 0 N–H and O–H groups in total. The van der Waals surface area contributed by atoms with Gasteiger partial charge < -0.3 is 9.15 Å². The third-order valence-electron chi connectivity index (χ3n) is 4.64. The zero-order chi connectivity index (χ0) is 19.6. The van der Waals surface area contributed by atoms with Crippen LogP contribution in [0.15, 0.2) is 28.7 Å². The largest absolute Gasteiger partial charge is 0.452 e. The molecule has 0 aliphatic carbocycles. The molecule has 3 rings (SSSR count). The maximum Gasteiger partial charge on any atom is 0.309 e. The molecule has 1 aliphatic rings. The summed E-state index contributed by atoms with van der Waals surface area (Å²) in [5.74, 6) is -0.0995. The van der Waals surface area contributed by atoms with Crippen LogP contribution in [0.3, 0.4) is 0 Å². The number of hydrogen-bond donors (Lipinski definition) is 0. The summed E-state index contributed by atoms with van der Waals surface area (Å²) in [6.45, 7) is 4.32. The molecule has 0 radical (unpaired) electrons. The molecule has 1 aromatic carbocycles. The number of esters is 1. The fraction of sp³-hybridized carbons (Fsp3) is 0.500. The van der Waals surface area contributed by atoms with E-state index in [1.165, 1.54) is 10.6 Å². The number of benzene rings is 1. The van der Waals surface area contributed by atoms with E-state index in [2.05, 4.69) is 10.2 Å². The van der Waals surface area contributed by atoms with Crippen molar-refractivity contribution in [3.63, 3.8) is 0 Å². The van der Waals surface area contributed by atoms with E-state index in [-0.39, 0.29) is 17.8 Å². The summed E-state index contributed by atoms with van der Waals surface area (Å²) < 4.78 is 35.6. The van der Waals surface area contributed by atoms with Gasteiger partial charge in [0.1, 0.15) is 0 Å². The minimum absolute atomic E-state index is 0.229. The van der Waals surface area contributed by atoms with Crippen LogP contribution in [-0.4, -0.2) is 48.2 Å². The monoisotopic (exact) mass is 393 g/mol. The van der Waals surface area contributed by atoms with E-state index >= 15 is 0 Å². The van der Waals surface area contributed by atoms with Gasteiger partial charge in [-0.25, -0.2) is 12.7 Å². The molecule has 27 heavy (non-hydrogen) atoms. The number of aromatic nitrogens is 2. The number of hydrogen-bond acceptors (Lipinski definition) is 7. The molecule has 1 aromatic heterocycles. The number of ether oxygens (including phenoxy) is 1. The first-order valence-electron chi connectivity index (χ1n) is 8.80. The normalized spacial score (nSPS) is 17.6. The van der Waals surface area contributed by atoms with Crippen molar-refractivity contribution in [3.05, 3.63) is 35.7 Å². The van der Waals surface area contributed by atoms with Crippen molar-refractivity contribution in [2.45, 2.75) is 32.8 Å². The maximum atomic E-state index is 12.4. The van der Waals surface area contributed by atoms with Gasteiger partial charge in [-0.05, 0) is 38.8 Å². The maximum absolute atomic E-state index is 12.4. The molecule has 1 atom stereocenters. The van der Waals surface area contributed by atoms with Gasteiger partial charge in [0.15, 0.2) is 6.10 Å². The quantitative estimate of drug-likeness (QED) is 0.718. The second-order valence-corrected chi connectivity index (χ2v) is 8.81. The Bertz CT molecular complexity index is 899. The summed E-state index contributed by atoms with van der Waals surface area (Å²) in [4.78, 5) is 12.4. The Balaban J connectivity index is 1.58. The average molecular weight is 393 g/mol. The summed E-state index contributed by atoms with van der Waals surface area (Å²) in [5, 5.41) is 7.99. The van der Waals surface area contributed by atoms with Gasteiger partial charge in [0, 0.05) is 18.7 Å². The van der Waals surface area contributed by atoms with Gasteiger partial charge in [0.2, 0.25) is 15.9 Å². The number of aryl methyl sites for hydroxylation is 1. The zero-order valence-corrected chi connectivity index (χ0v) is 16.4. The van der Waals surface area contributed by atoms with Crippen LogP contribution in [0.2, 0.25) is 0 Å². The van der Waals surface area contributed by atoms with Gasteiger partial charge in [-0.2, -0.15) is 0 Å². The van der Waals surface area contributed by atoms with Gasteiger partial charge in [0.05, 0.1) is 12.2 Å². The van der Waals surface area contributed by atoms with E-state index in [0.29, 0.717) is 31.8 Å². The number of sulfonamides is 1. The number of rotatable bonds is 5. The van der Waals surface area contributed by atoms with Crippen molar-refractivity contribution >= 4 is 16.0 Å². The predicted octanol–water partition coefficient (Wildman–Crippen LogP) is 2.32. The standard InChI is InChI=1S/C18H23N3O5S/c1-12-4-6-14(7-5-12)17-20-19-16(26-17)13(2)25-18(22)15-8-10-21(11-9-15)27(3,23)24/h4-7,13,15H,8-11H2,1-3H3. The van der Waals surface area contributed by atoms with Crippen LogP contribution in [0.5, 0.6) is 0 Å². The number of carbonyl (C=O) groups excluding carboxylic acids is 1. The van der Waals surface area contributed by atoms with Gasteiger partial charge in [-0.1, -0.05) is 17.7 Å². The van der Waals surface area contributed by atoms with Crippen LogP contribution in [0.4, 0.5) is 0 Å². The number of nitrogens with zero attached hydrogens (tertiary/aromatic N) is 3. The lowest BCUT2D eigenvalue weighted by atomic mass is 9.98. The molecule has 0 saturated carbocycles. The minimum Gasteiger partial charge on any atom is -0.452 e. The lowest BCUT2D eigenvalue weighted by Gasteiger charge is -2.29. The number of piperidine rings is 1. The molecule has 0 spiro atoms. The van der Waals surface area contributed by atoms with E-state index in [4.69, 9.17) is 9.15 Å². The first kappa shape index (κ1) is 19.5. The Labute approximate surface area is 158 Å². The Morgan fingerprint density at radius 2 is 1.85 bits per heavy atom. The molecule has 1 unspecified atom stereocenters. The summed E-state index contributed by atoms with van der Waals surface area (Å²) >= 11 is 0. The van der Waals surface area contributed by atoms with Crippen LogP contribution in [-0.2, 0) is 19.6 Å². The molecule has 1 fully saturated rings. The third kappa shape index (κ3) is 4.72. The first-order valence-corrected chi connectivity index (χ1v) is 10.6. The summed E-state index contributed by atoms with van der Waals surface area (Å²) in [6.07, 6.45) is 1.39. The van der Waals surface area contributed by atoms with Crippen molar-refractivity contribution < 1.29 is 22.4 Å². The molecule has 146 valence electrons. The van der Waals surface area contributed by atoms with Gasteiger partial charge in [-0.15, -0.1) is 10.2 Å². The van der Waals surface area contributed by atoms with Crippen molar-refractivity contribution in [2.75, 3.05) is 19.3 Å². The molecule has 1 aliphatic heterocycles. The van der Waals surface area contributed by atoms with E-state index < -0.39 is 16.1 Å². The van der Waals surface area contributed by atoms with Crippen LogP contribution >= 0.6 is 0 Å². The highest BCUT2D eigenvalue weighted by atomic mass is 32.2. The topological polar surface area (TPSA) is 103 Å². The summed E-state index contributed by atoms with van der Waals surface area (Å²) in [7, 11) is -3.22. The zero-order valence-electron chi connectivity index (χ0n) is 15.6. The Morgan fingerprint density at radius 1 is 1.22 bits per heavy atom. The van der Waals surface area contributed by atoms with Crippen molar-refractivity contribution in [3.8, 4) is 11.5 Å². The molecule has 1 saturated heterocycles. The van der Waals surface area contributed by atoms with Crippen molar-refractivity contribution in [2.24, 2.45) is 5.92 Å². The lowest BCUT2D eigenvalue weighted by Crippen LogP contribution is -2.40. The molecular weight excluding hydrogens is 370 g/mol. The molecule has 9 heteroatoms. The van der Waals surface area contributed by atoms with Crippen LogP contribution in [0, 0.1) is 12.8 Å². The molecule has 8 nitrogen and oxygen atoms in total. The highest BCUT2D eigenvalue weighted by molar-refractivity contribution is 7.88. The average Bonchev–Trinajstić information content (AvgIpc) is 3.12. The lowest BCUT2D eigenvalue weighted by molar-refractivity contribution is -0.156. The SMILES string of the molecule is Cc1ccc(-c2nnc(C(C)OC(=O)C3CCN(S(C)(=O)=O)CC3)o2)cc1. The molecule has 0 amide bonds. The van der Waals surface area contributed by atoms with E-state index in [1.54, 1.807) is 6.92 Å². The van der Waals surface area contributed by atoms with Gasteiger partial charge >= 0.3 is 5.97 Å². The Kier molecular flexibility index (Phi) is 5.61. The van der Waals surface area contributed by atoms with E-state index in [1.807, 2.05) is 31.2 Å². The fourth-order valence-electron chi connectivity index (χ4n) is 2.96. The predicted molar refractivity (Wildman–Crippen MR) is 98.1 cm³/mol. The Hall–Kier alpha value is -2.26.